The molecule has 0 aliphatic carbocycles. The van der Waals surface area contributed by atoms with Crippen LogP contribution in [0.4, 0.5) is 0 Å². The molecule has 7 heteroatoms. The SMILES string of the molecule is COc1ccc(OC)c(/C=C2\N=C(c3cncc(Br)c3)OC2=O)c1. The van der Waals surface area contributed by atoms with Crippen LogP contribution in [0.1, 0.15) is 11.1 Å². The summed E-state index contributed by atoms with van der Waals surface area (Å²) in [6.07, 6.45) is 4.81. The topological polar surface area (TPSA) is 70.0 Å². The highest BCUT2D eigenvalue weighted by Crippen LogP contribution is 2.28. The van der Waals surface area contributed by atoms with Crippen LogP contribution in [-0.4, -0.2) is 31.1 Å². The predicted octanol–water partition coefficient (Wildman–Crippen LogP) is 3.21. The van der Waals surface area contributed by atoms with Gasteiger partial charge in [0, 0.05) is 22.4 Å². The zero-order valence-electron chi connectivity index (χ0n) is 12.9. The van der Waals surface area contributed by atoms with E-state index in [-0.39, 0.29) is 11.6 Å². The number of cyclic esters (lactones) is 1. The van der Waals surface area contributed by atoms with Crippen molar-refractivity contribution in [3.8, 4) is 11.5 Å². The van der Waals surface area contributed by atoms with E-state index in [1.54, 1.807) is 57.0 Å². The largest absolute Gasteiger partial charge is 0.497 e. The van der Waals surface area contributed by atoms with Crippen molar-refractivity contribution in [3.05, 3.63) is 58.0 Å². The van der Waals surface area contributed by atoms with Crippen LogP contribution < -0.4 is 9.47 Å². The second-order valence-electron chi connectivity index (χ2n) is 4.84. The highest BCUT2D eigenvalue weighted by atomic mass is 79.9. The van der Waals surface area contributed by atoms with E-state index in [0.29, 0.717) is 22.6 Å². The van der Waals surface area contributed by atoms with E-state index < -0.39 is 5.97 Å². The van der Waals surface area contributed by atoms with E-state index in [2.05, 4.69) is 25.9 Å². The monoisotopic (exact) mass is 388 g/mol. The predicted molar refractivity (Wildman–Crippen MR) is 92.1 cm³/mol. The van der Waals surface area contributed by atoms with Crippen LogP contribution in [0.25, 0.3) is 6.08 Å². The molecule has 0 saturated carbocycles. The molecule has 1 aromatic carbocycles. The zero-order valence-corrected chi connectivity index (χ0v) is 14.5. The Morgan fingerprint density at radius 2 is 2.00 bits per heavy atom. The Morgan fingerprint density at radius 3 is 2.71 bits per heavy atom. The lowest BCUT2D eigenvalue weighted by Gasteiger charge is -2.07. The van der Waals surface area contributed by atoms with Gasteiger partial charge in [0.15, 0.2) is 5.70 Å². The van der Waals surface area contributed by atoms with Gasteiger partial charge in [-0.1, -0.05) is 0 Å². The highest BCUT2D eigenvalue weighted by molar-refractivity contribution is 9.10. The van der Waals surface area contributed by atoms with Gasteiger partial charge in [-0.15, -0.1) is 0 Å². The molecule has 0 amide bonds. The average Bonchev–Trinajstić information content (AvgIpc) is 2.95. The summed E-state index contributed by atoms with van der Waals surface area (Å²) < 4.78 is 16.5. The number of nitrogens with zero attached hydrogens (tertiary/aromatic N) is 2. The van der Waals surface area contributed by atoms with Crippen molar-refractivity contribution >= 4 is 33.9 Å². The van der Waals surface area contributed by atoms with Gasteiger partial charge < -0.3 is 14.2 Å². The maximum Gasteiger partial charge on any atom is 0.363 e. The summed E-state index contributed by atoms with van der Waals surface area (Å²) in [6, 6.07) is 7.06. The van der Waals surface area contributed by atoms with Gasteiger partial charge in [-0.3, -0.25) is 4.98 Å². The number of hydrogen-bond donors (Lipinski definition) is 0. The van der Waals surface area contributed by atoms with Crippen LogP contribution >= 0.6 is 15.9 Å². The molecule has 3 rings (SSSR count). The number of carbonyl (C=O) groups excluding carboxylic acids is 1. The average molecular weight is 389 g/mol. The lowest BCUT2D eigenvalue weighted by atomic mass is 10.1. The normalized spacial score (nSPS) is 15.2. The Hall–Kier alpha value is -2.67. The van der Waals surface area contributed by atoms with E-state index in [1.165, 1.54) is 0 Å². The van der Waals surface area contributed by atoms with Crippen LogP contribution in [-0.2, 0) is 9.53 Å². The number of pyridine rings is 1. The number of aromatic nitrogens is 1. The molecule has 0 saturated heterocycles. The molecular formula is C17H13BrN2O4. The van der Waals surface area contributed by atoms with Gasteiger partial charge >= 0.3 is 5.97 Å². The molecule has 0 spiro atoms. The fraction of sp³-hybridized carbons (Fsp3) is 0.118. The molecule has 0 N–H and O–H groups in total. The van der Waals surface area contributed by atoms with Gasteiger partial charge in [0.05, 0.1) is 19.8 Å². The number of esters is 1. The van der Waals surface area contributed by atoms with E-state index in [9.17, 15) is 4.79 Å². The minimum absolute atomic E-state index is 0.177. The molecule has 0 fully saturated rings. The first kappa shape index (κ1) is 16.2. The van der Waals surface area contributed by atoms with Crippen molar-refractivity contribution in [1.29, 1.82) is 0 Å². The fourth-order valence-electron chi connectivity index (χ4n) is 2.16. The molecule has 6 nitrogen and oxygen atoms in total. The Balaban J connectivity index is 2.00. The number of aliphatic imine (C=N–C) groups is 1. The third kappa shape index (κ3) is 3.30. The molecular weight excluding hydrogens is 376 g/mol. The van der Waals surface area contributed by atoms with Crippen molar-refractivity contribution < 1.29 is 19.0 Å². The van der Waals surface area contributed by atoms with Crippen molar-refractivity contribution in [2.45, 2.75) is 0 Å². The van der Waals surface area contributed by atoms with Crippen LogP contribution in [0.2, 0.25) is 0 Å². The molecule has 0 radical (unpaired) electrons. The van der Waals surface area contributed by atoms with E-state index in [4.69, 9.17) is 14.2 Å². The first-order chi connectivity index (χ1) is 11.6. The molecule has 2 aromatic rings. The van der Waals surface area contributed by atoms with Gasteiger partial charge in [0.1, 0.15) is 11.5 Å². The standard InChI is InChI=1S/C17H13BrN2O4/c1-22-13-3-4-15(23-2)10(6-13)7-14-17(21)24-16(20-14)11-5-12(18)9-19-8-11/h3-9H,1-2H3/b14-7-. The minimum Gasteiger partial charge on any atom is -0.497 e. The summed E-state index contributed by atoms with van der Waals surface area (Å²) in [7, 11) is 3.12. The molecule has 0 atom stereocenters. The van der Waals surface area contributed by atoms with Crippen molar-refractivity contribution in [2.24, 2.45) is 4.99 Å². The number of rotatable bonds is 4. The van der Waals surface area contributed by atoms with E-state index >= 15 is 0 Å². The molecule has 24 heavy (non-hydrogen) atoms. The van der Waals surface area contributed by atoms with E-state index in [0.717, 1.165) is 4.47 Å². The summed E-state index contributed by atoms with van der Waals surface area (Å²) in [5.41, 5.74) is 1.46. The van der Waals surface area contributed by atoms with Crippen LogP contribution in [0.15, 0.2) is 51.8 Å². The van der Waals surface area contributed by atoms with E-state index in [1.807, 2.05) is 0 Å². The third-order valence-electron chi connectivity index (χ3n) is 3.30. The Kier molecular flexibility index (Phi) is 4.61. The quantitative estimate of drug-likeness (QED) is 0.593. The van der Waals surface area contributed by atoms with Crippen molar-refractivity contribution in [2.75, 3.05) is 14.2 Å². The summed E-state index contributed by atoms with van der Waals surface area (Å²) in [4.78, 5) is 20.4. The van der Waals surface area contributed by atoms with Gasteiger partial charge in [0.25, 0.3) is 0 Å². The smallest absolute Gasteiger partial charge is 0.363 e. The Labute approximate surface area is 146 Å². The Bertz CT molecular complexity index is 861. The summed E-state index contributed by atoms with van der Waals surface area (Å²) >= 11 is 3.32. The first-order valence-corrected chi connectivity index (χ1v) is 7.75. The van der Waals surface area contributed by atoms with Gasteiger partial charge in [-0.2, -0.15) is 0 Å². The van der Waals surface area contributed by atoms with Crippen molar-refractivity contribution in [1.82, 2.24) is 4.98 Å². The number of carbonyl (C=O) groups is 1. The van der Waals surface area contributed by atoms with Gasteiger partial charge in [-0.05, 0) is 46.3 Å². The van der Waals surface area contributed by atoms with Gasteiger partial charge in [-0.25, -0.2) is 9.79 Å². The molecule has 0 unspecified atom stereocenters. The van der Waals surface area contributed by atoms with Crippen LogP contribution in [0.3, 0.4) is 0 Å². The number of benzene rings is 1. The first-order valence-electron chi connectivity index (χ1n) is 6.96. The number of halogens is 1. The second-order valence-corrected chi connectivity index (χ2v) is 5.75. The van der Waals surface area contributed by atoms with Crippen molar-refractivity contribution in [3.63, 3.8) is 0 Å². The molecule has 0 bridgehead atoms. The number of hydrogen-bond acceptors (Lipinski definition) is 6. The maximum atomic E-state index is 12.1. The van der Waals surface area contributed by atoms with Crippen LogP contribution in [0.5, 0.6) is 11.5 Å². The van der Waals surface area contributed by atoms with Gasteiger partial charge in [0.2, 0.25) is 5.90 Å². The summed E-state index contributed by atoms with van der Waals surface area (Å²) in [5, 5.41) is 0. The molecule has 122 valence electrons. The summed E-state index contributed by atoms with van der Waals surface area (Å²) in [5.74, 6) is 0.926. The third-order valence-corrected chi connectivity index (χ3v) is 3.74. The summed E-state index contributed by atoms with van der Waals surface area (Å²) in [6.45, 7) is 0. The van der Waals surface area contributed by atoms with Crippen LogP contribution in [0, 0.1) is 0 Å². The lowest BCUT2D eigenvalue weighted by Crippen LogP contribution is -2.05. The molecule has 1 aromatic heterocycles. The maximum absolute atomic E-state index is 12.1. The molecule has 2 heterocycles. The lowest BCUT2D eigenvalue weighted by molar-refractivity contribution is -0.129. The zero-order chi connectivity index (χ0) is 17.1. The molecule has 1 aliphatic heterocycles. The Morgan fingerprint density at radius 1 is 1.17 bits per heavy atom. The fourth-order valence-corrected chi connectivity index (χ4v) is 2.53. The second kappa shape index (κ2) is 6.84. The number of ether oxygens (including phenoxy) is 3. The minimum atomic E-state index is -0.533. The highest BCUT2D eigenvalue weighted by Gasteiger charge is 2.25. The number of methoxy groups -OCH3 is 2. The molecule has 1 aliphatic rings.